The zero-order valence-electron chi connectivity index (χ0n) is 17.6. The van der Waals surface area contributed by atoms with Gasteiger partial charge in [-0.05, 0) is 85.8 Å². The van der Waals surface area contributed by atoms with E-state index in [-0.39, 0.29) is 16.8 Å². The van der Waals surface area contributed by atoms with E-state index < -0.39 is 10.0 Å². The summed E-state index contributed by atoms with van der Waals surface area (Å²) in [6.45, 7) is 4.58. The Balaban J connectivity index is 1.52. The SMILES string of the molecule is Cc1ccc(NS(=O)(=O)c2ccc(C(=O)N3CCC[C@H]3c3cccnc3)cc2)cc1C. The molecule has 6 nitrogen and oxygen atoms in total. The highest BCUT2D eigenvalue weighted by molar-refractivity contribution is 7.92. The number of rotatable bonds is 5. The molecule has 0 saturated carbocycles. The van der Waals surface area contributed by atoms with Crippen LogP contribution in [0.1, 0.15) is 45.9 Å². The van der Waals surface area contributed by atoms with Gasteiger partial charge in [0, 0.05) is 30.2 Å². The highest BCUT2D eigenvalue weighted by Gasteiger charge is 2.30. The summed E-state index contributed by atoms with van der Waals surface area (Å²) in [5, 5.41) is 0. The van der Waals surface area contributed by atoms with Gasteiger partial charge in [0.2, 0.25) is 0 Å². The molecule has 1 atom stereocenters. The van der Waals surface area contributed by atoms with Crippen molar-refractivity contribution in [2.75, 3.05) is 11.3 Å². The number of amides is 1. The maximum atomic E-state index is 13.1. The molecule has 0 aliphatic carbocycles. The average Bonchev–Trinajstić information content (AvgIpc) is 3.26. The zero-order valence-corrected chi connectivity index (χ0v) is 18.4. The first-order chi connectivity index (χ1) is 14.8. The molecule has 1 aromatic heterocycles. The second-order valence-electron chi connectivity index (χ2n) is 7.87. The molecule has 2 aromatic carbocycles. The van der Waals surface area contributed by atoms with Gasteiger partial charge >= 0.3 is 0 Å². The van der Waals surface area contributed by atoms with Crippen molar-refractivity contribution in [2.24, 2.45) is 0 Å². The van der Waals surface area contributed by atoms with Gasteiger partial charge in [-0.2, -0.15) is 0 Å². The normalized spacial score (nSPS) is 16.3. The predicted molar refractivity (Wildman–Crippen MR) is 120 cm³/mol. The molecule has 1 aliphatic heterocycles. The van der Waals surface area contributed by atoms with Crippen LogP contribution in [0.15, 0.2) is 71.9 Å². The van der Waals surface area contributed by atoms with Crippen LogP contribution in [0.5, 0.6) is 0 Å². The van der Waals surface area contributed by atoms with Crippen LogP contribution in [-0.4, -0.2) is 30.8 Å². The molecule has 1 amide bonds. The molecule has 31 heavy (non-hydrogen) atoms. The quantitative estimate of drug-likeness (QED) is 0.641. The highest BCUT2D eigenvalue weighted by atomic mass is 32.2. The summed E-state index contributed by atoms with van der Waals surface area (Å²) in [6, 6.07) is 15.4. The molecule has 2 heterocycles. The summed E-state index contributed by atoms with van der Waals surface area (Å²) >= 11 is 0. The van der Waals surface area contributed by atoms with Crippen LogP contribution in [0.25, 0.3) is 0 Å². The van der Waals surface area contributed by atoms with E-state index in [1.54, 1.807) is 36.7 Å². The van der Waals surface area contributed by atoms with Gasteiger partial charge in [0.15, 0.2) is 0 Å². The lowest BCUT2D eigenvalue weighted by Crippen LogP contribution is -2.30. The minimum absolute atomic E-state index is 0.00365. The number of benzene rings is 2. The standard InChI is InChI=1S/C24H25N3O3S/c1-17-7-10-21(15-18(17)2)26-31(29,30)22-11-8-19(9-12-22)24(28)27-14-4-6-23(27)20-5-3-13-25-16-20/h3,5,7-13,15-16,23,26H,4,6,14H2,1-2H3/t23-/m0/s1. The van der Waals surface area contributed by atoms with Gasteiger partial charge < -0.3 is 4.90 Å². The monoisotopic (exact) mass is 435 g/mol. The van der Waals surface area contributed by atoms with Gasteiger partial charge in [0.1, 0.15) is 0 Å². The first-order valence-corrected chi connectivity index (χ1v) is 11.7. The number of anilines is 1. The summed E-state index contributed by atoms with van der Waals surface area (Å²) in [7, 11) is -3.74. The van der Waals surface area contributed by atoms with E-state index in [4.69, 9.17) is 0 Å². The van der Waals surface area contributed by atoms with Crippen molar-refractivity contribution in [1.82, 2.24) is 9.88 Å². The molecule has 0 bridgehead atoms. The number of nitrogens with one attached hydrogen (secondary N) is 1. The Morgan fingerprint density at radius 2 is 1.84 bits per heavy atom. The number of aryl methyl sites for hydroxylation is 2. The van der Waals surface area contributed by atoms with E-state index in [2.05, 4.69) is 9.71 Å². The third-order valence-electron chi connectivity index (χ3n) is 5.75. The van der Waals surface area contributed by atoms with Gasteiger partial charge in [0.25, 0.3) is 15.9 Å². The maximum Gasteiger partial charge on any atom is 0.261 e. The molecule has 160 valence electrons. The maximum absolute atomic E-state index is 13.1. The number of hydrogen-bond acceptors (Lipinski definition) is 4. The van der Waals surface area contributed by atoms with Crippen LogP contribution >= 0.6 is 0 Å². The topological polar surface area (TPSA) is 79.4 Å². The van der Waals surface area contributed by atoms with Crippen LogP contribution in [0.4, 0.5) is 5.69 Å². The molecule has 1 fully saturated rings. The highest BCUT2D eigenvalue weighted by Crippen LogP contribution is 2.32. The fraction of sp³-hybridized carbons (Fsp3) is 0.250. The largest absolute Gasteiger partial charge is 0.332 e. The number of hydrogen-bond donors (Lipinski definition) is 1. The van der Waals surface area contributed by atoms with Crippen LogP contribution in [0.3, 0.4) is 0 Å². The minimum atomic E-state index is -3.74. The average molecular weight is 436 g/mol. The van der Waals surface area contributed by atoms with Gasteiger partial charge in [-0.1, -0.05) is 12.1 Å². The molecule has 7 heteroatoms. The number of carbonyl (C=O) groups excluding carboxylic acids is 1. The Bertz CT molecular complexity index is 1190. The third-order valence-corrected chi connectivity index (χ3v) is 7.15. The van der Waals surface area contributed by atoms with Gasteiger partial charge in [0.05, 0.1) is 10.9 Å². The number of aromatic nitrogens is 1. The van der Waals surface area contributed by atoms with Gasteiger partial charge in [-0.25, -0.2) is 8.42 Å². The summed E-state index contributed by atoms with van der Waals surface area (Å²) in [4.78, 5) is 19.2. The molecule has 3 aromatic rings. The second kappa shape index (κ2) is 8.51. The number of sulfonamides is 1. The molecule has 0 radical (unpaired) electrons. The molecule has 1 saturated heterocycles. The van der Waals surface area contributed by atoms with Crippen LogP contribution in [-0.2, 0) is 10.0 Å². The molecule has 1 N–H and O–H groups in total. The fourth-order valence-corrected chi connectivity index (χ4v) is 4.94. The third kappa shape index (κ3) is 4.46. The molecule has 1 aliphatic rings. The summed E-state index contributed by atoms with van der Waals surface area (Å²) in [5.74, 6) is -0.0996. The smallest absolute Gasteiger partial charge is 0.261 e. The minimum Gasteiger partial charge on any atom is -0.332 e. The Kier molecular flexibility index (Phi) is 5.78. The van der Waals surface area contributed by atoms with Crippen molar-refractivity contribution in [3.8, 4) is 0 Å². The lowest BCUT2D eigenvalue weighted by molar-refractivity contribution is 0.0735. The van der Waals surface area contributed by atoms with E-state index in [9.17, 15) is 13.2 Å². The van der Waals surface area contributed by atoms with Crippen molar-refractivity contribution in [3.05, 3.63) is 89.2 Å². The van der Waals surface area contributed by atoms with E-state index in [1.807, 2.05) is 36.9 Å². The summed E-state index contributed by atoms with van der Waals surface area (Å²) in [5.41, 5.74) is 4.11. The Morgan fingerprint density at radius 3 is 2.52 bits per heavy atom. The zero-order chi connectivity index (χ0) is 22.0. The first kappa shape index (κ1) is 21.1. The van der Waals surface area contributed by atoms with Crippen molar-refractivity contribution < 1.29 is 13.2 Å². The molecular formula is C24H25N3O3S. The molecule has 4 rings (SSSR count). The Hall–Kier alpha value is -3.19. The van der Waals surface area contributed by atoms with E-state index >= 15 is 0 Å². The second-order valence-corrected chi connectivity index (χ2v) is 9.55. The van der Waals surface area contributed by atoms with E-state index in [0.717, 1.165) is 29.5 Å². The van der Waals surface area contributed by atoms with Gasteiger partial charge in [-0.3, -0.25) is 14.5 Å². The van der Waals surface area contributed by atoms with E-state index in [1.165, 1.54) is 12.1 Å². The lowest BCUT2D eigenvalue weighted by atomic mass is 10.1. The van der Waals surface area contributed by atoms with Crippen molar-refractivity contribution in [2.45, 2.75) is 37.6 Å². The van der Waals surface area contributed by atoms with Gasteiger partial charge in [-0.15, -0.1) is 0 Å². The first-order valence-electron chi connectivity index (χ1n) is 10.3. The van der Waals surface area contributed by atoms with Crippen LogP contribution < -0.4 is 4.72 Å². The Labute approximate surface area is 183 Å². The predicted octanol–water partition coefficient (Wildman–Crippen LogP) is 4.48. The molecular weight excluding hydrogens is 410 g/mol. The Morgan fingerprint density at radius 1 is 1.06 bits per heavy atom. The number of nitrogens with zero attached hydrogens (tertiary/aromatic N) is 2. The van der Waals surface area contributed by atoms with Crippen molar-refractivity contribution >= 4 is 21.6 Å². The van der Waals surface area contributed by atoms with Crippen LogP contribution in [0, 0.1) is 13.8 Å². The number of likely N-dealkylation sites (tertiary alicyclic amines) is 1. The summed E-state index contributed by atoms with van der Waals surface area (Å²) in [6.07, 6.45) is 5.33. The number of pyridine rings is 1. The van der Waals surface area contributed by atoms with Crippen molar-refractivity contribution in [3.63, 3.8) is 0 Å². The molecule has 0 unspecified atom stereocenters. The molecule has 0 spiro atoms. The van der Waals surface area contributed by atoms with Crippen molar-refractivity contribution in [1.29, 1.82) is 0 Å². The van der Waals surface area contributed by atoms with Crippen LogP contribution in [0.2, 0.25) is 0 Å². The lowest BCUT2D eigenvalue weighted by Gasteiger charge is -2.25. The fourth-order valence-electron chi connectivity index (χ4n) is 3.89. The number of carbonyl (C=O) groups is 1. The van der Waals surface area contributed by atoms with E-state index in [0.29, 0.717) is 17.8 Å². The summed E-state index contributed by atoms with van der Waals surface area (Å²) < 4.78 is 28.1.